The van der Waals surface area contributed by atoms with Crippen LogP contribution in [-0.4, -0.2) is 56.5 Å². The molecule has 0 aromatic rings. The molecule has 2 rings (SSSR count). The smallest absolute Gasteiger partial charge is 0.352 e. The van der Waals surface area contributed by atoms with E-state index in [4.69, 9.17) is 10.5 Å². The third-order valence-electron chi connectivity index (χ3n) is 3.52. The van der Waals surface area contributed by atoms with Gasteiger partial charge in [0.05, 0.1) is 17.9 Å². The van der Waals surface area contributed by atoms with E-state index in [1.165, 1.54) is 46.0 Å². The molecule has 2 atom stereocenters. The molecule has 2 aliphatic rings. The van der Waals surface area contributed by atoms with Crippen molar-refractivity contribution in [3.05, 3.63) is 34.2 Å². The lowest BCUT2D eigenvalue weighted by Gasteiger charge is -2.49. The van der Waals surface area contributed by atoms with Gasteiger partial charge < -0.3 is 10.4 Å². The Labute approximate surface area is 168 Å². The third-order valence-corrected chi connectivity index (χ3v) is 6.46. The van der Waals surface area contributed by atoms with Crippen LogP contribution in [0.2, 0.25) is 0 Å². The van der Waals surface area contributed by atoms with Gasteiger partial charge in [-0.1, -0.05) is 0 Å². The Morgan fingerprint density at radius 1 is 1.30 bits per heavy atom. The van der Waals surface area contributed by atoms with Gasteiger partial charge in [-0.15, -0.1) is 35.3 Å². The number of rotatable bonds is 8. The van der Waals surface area contributed by atoms with Crippen LogP contribution in [0, 0.1) is 22.7 Å². The topological polar surface area (TPSA) is 134 Å². The average Bonchev–Trinajstić information content (AvgIpc) is 2.65. The minimum atomic E-state index is -1.18. The van der Waals surface area contributed by atoms with Crippen molar-refractivity contribution in [3.63, 3.8) is 0 Å². The van der Waals surface area contributed by atoms with Gasteiger partial charge in [0, 0.05) is 23.7 Å². The summed E-state index contributed by atoms with van der Waals surface area (Å²) >= 11 is 3.81. The number of hydrogen-bond acceptors (Lipinski definition) is 8. The first-order valence-electron chi connectivity index (χ1n) is 7.53. The predicted molar refractivity (Wildman–Crippen MR) is 104 cm³/mol. The number of nitrogens with zero attached hydrogens (tertiary/aromatic N) is 3. The van der Waals surface area contributed by atoms with Crippen LogP contribution in [0.4, 0.5) is 0 Å². The lowest BCUT2D eigenvalue weighted by Crippen LogP contribution is -2.70. The van der Waals surface area contributed by atoms with E-state index in [-0.39, 0.29) is 17.4 Å². The average molecular weight is 423 g/mol. The van der Waals surface area contributed by atoms with Crippen LogP contribution in [0.3, 0.4) is 0 Å². The van der Waals surface area contributed by atoms with Crippen molar-refractivity contribution in [2.24, 2.45) is 0 Å². The number of nitrogens with one attached hydrogen (secondary N) is 1. The first-order chi connectivity index (χ1) is 13.0. The fourth-order valence-corrected chi connectivity index (χ4v) is 5.10. The molecule has 2 heterocycles. The maximum absolute atomic E-state index is 12.4. The van der Waals surface area contributed by atoms with Gasteiger partial charge in [-0.05, 0) is 16.4 Å². The number of hydrogen-bond donors (Lipinski definition) is 2. The Bertz CT molecular complexity index is 809. The minimum Gasteiger partial charge on any atom is -0.477 e. The number of β-lactam (4-membered cyclic amide) rings is 1. The van der Waals surface area contributed by atoms with E-state index < -0.39 is 23.3 Å². The Kier molecular flexibility index (Phi) is 7.85. The predicted octanol–water partition coefficient (Wildman–Crippen LogP) is 1.27. The molecule has 2 N–H and O–H groups in total. The number of allylic oxidation sites excluding steroid dienone is 2. The molecule has 0 aromatic carbocycles. The van der Waals surface area contributed by atoms with Crippen molar-refractivity contribution in [2.45, 2.75) is 11.4 Å². The van der Waals surface area contributed by atoms with E-state index in [9.17, 15) is 19.5 Å². The molecular formula is C16H14N4O4S3. The Morgan fingerprint density at radius 3 is 2.59 bits per heavy atom. The second-order valence-electron chi connectivity index (χ2n) is 5.20. The van der Waals surface area contributed by atoms with Crippen molar-refractivity contribution in [3.8, 4) is 12.1 Å². The van der Waals surface area contributed by atoms with Crippen LogP contribution >= 0.6 is 35.3 Å². The molecule has 11 heteroatoms. The van der Waals surface area contributed by atoms with E-state index in [1.807, 2.05) is 12.1 Å². The van der Waals surface area contributed by atoms with Crippen LogP contribution in [-0.2, 0) is 14.4 Å². The van der Waals surface area contributed by atoms with Gasteiger partial charge in [0.1, 0.15) is 17.1 Å². The number of carbonyl (C=O) groups is 3. The monoisotopic (exact) mass is 422 g/mol. The number of nitriles is 2. The van der Waals surface area contributed by atoms with Crippen LogP contribution in [0.25, 0.3) is 0 Å². The molecule has 1 unspecified atom stereocenters. The molecule has 1 saturated heterocycles. The maximum atomic E-state index is 12.4. The summed E-state index contributed by atoms with van der Waals surface area (Å²) in [5, 5.41) is 31.6. The summed E-state index contributed by atoms with van der Waals surface area (Å²) in [5.74, 6) is -1.14. The van der Waals surface area contributed by atoms with Crippen molar-refractivity contribution < 1.29 is 19.5 Å². The zero-order valence-corrected chi connectivity index (χ0v) is 16.3. The van der Waals surface area contributed by atoms with Crippen molar-refractivity contribution in [1.82, 2.24) is 10.2 Å². The second-order valence-corrected chi connectivity index (χ2v) is 8.09. The normalized spacial score (nSPS) is 21.6. The molecule has 140 valence electrons. The van der Waals surface area contributed by atoms with Gasteiger partial charge in [0.2, 0.25) is 5.91 Å². The van der Waals surface area contributed by atoms with Crippen LogP contribution in [0.5, 0.6) is 0 Å². The zero-order chi connectivity index (χ0) is 19.8. The molecule has 0 radical (unpaired) electrons. The summed E-state index contributed by atoms with van der Waals surface area (Å²) in [6.07, 6.45) is 2.55. The molecule has 1 fully saturated rings. The van der Waals surface area contributed by atoms with Crippen LogP contribution in [0.1, 0.15) is 0 Å². The lowest BCUT2D eigenvalue weighted by molar-refractivity contribution is -0.150. The van der Waals surface area contributed by atoms with Gasteiger partial charge in [0.25, 0.3) is 5.91 Å². The summed E-state index contributed by atoms with van der Waals surface area (Å²) in [5.41, 5.74) is 0.560. The molecule has 2 amide bonds. The second kappa shape index (κ2) is 10.1. The highest BCUT2D eigenvalue weighted by atomic mass is 32.2. The standard InChI is InChI=1S/C16H14N4O4S3/c17-3-1-5-25-7-10-8-27-15-12(14(22)20(15)13(10)16(23)24)19-11(21)9-26-6-2-4-18/h1-2,5-6,12,15H,7-9H2,(H,19,21)(H,23,24)/b5-1-,6-2-/t12?,15-/m0/s1. The molecule has 0 aliphatic carbocycles. The number of thioether (sulfide) groups is 3. The van der Waals surface area contributed by atoms with Crippen molar-refractivity contribution in [1.29, 1.82) is 10.5 Å². The summed E-state index contributed by atoms with van der Waals surface area (Å²) in [6.45, 7) is 0. The highest BCUT2D eigenvalue weighted by Crippen LogP contribution is 2.41. The highest BCUT2D eigenvalue weighted by Gasteiger charge is 2.54. The number of carboxylic acid groups (broad SMARTS) is 1. The van der Waals surface area contributed by atoms with E-state index >= 15 is 0 Å². The fraction of sp³-hybridized carbons (Fsp3) is 0.312. The van der Waals surface area contributed by atoms with Gasteiger partial charge in [-0.25, -0.2) is 4.79 Å². The third kappa shape index (κ3) is 5.10. The molecule has 8 nitrogen and oxygen atoms in total. The van der Waals surface area contributed by atoms with E-state index in [1.54, 1.807) is 5.41 Å². The fourth-order valence-electron chi connectivity index (χ4n) is 2.44. The van der Waals surface area contributed by atoms with Crippen molar-refractivity contribution in [2.75, 3.05) is 17.3 Å². The SMILES string of the molecule is N#C/C=C\SCC(=O)NC1C(=O)N2C(C(=O)O)=C(CS/C=C\C#N)CS[C@@H]12. The van der Waals surface area contributed by atoms with Gasteiger partial charge in [-0.2, -0.15) is 10.5 Å². The van der Waals surface area contributed by atoms with Gasteiger partial charge >= 0.3 is 5.97 Å². The summed E-state index contributed by atoms with van der Waals surface area (Å²) in [7, 11) is 0. The van der Waals surface area contributed by atoms with Gasteiger partial charge in [-0.3, -0.25) is 14.5 Å². The first kappa shape index (κ1) is 21.0. The summed E-state index contributed by atoms with van der Waals surface area (Å²) in [4.78, 5) is 37.2. The Hall–Kier alpha value is -2.34. The Balaban J connectivity index is 2.02. The number of amides is 2. The zero-order valence-electron chi connectivity index (χ0n) is 13.8. The number of carbonyl (C=O) groups excluding carboxylic acids is 2. The molecule has 0 aromatic heterocycles. The van der Waals surface area contributed by atoms with Crippen molar-refractivity contribution >= 4 is 53.1 Å². The van der Waals surface area contributed by atoms with E-state index in [0.29, 0.717) is 17.1 Å². The van der Waals surface area contributed by atoms with Gasteiger partial charge in [0.15, 0.2) is 0 Å². The summed E-state index contributed by atoms with van der Waals surface area (Å²) < 4.78 is 0. The maximum Gasteiger partial charge on any atom is 0.352 e. The highest BCUT2D eigenvalue weighted by molar-refractivity contribution is 8.03. The lowest BCUT2D eigenvalue weighted by atomic mass is 10.0. The quantitative estimate of drug-likeness (QED) is 0.438. The molecular weight excluding hydrogens is 408 g/mol. The molecule has 0 saturated carbocycles. The Morgan fingerprint density at radius 2 is 1.96 bits per heavy atom. The van der Waals surface area contributed by atoms with E-state index in [0.717, 1.165) is 11.8 Å². The van der Waals surface area contributed by atoms with E-state index in [2.05, 4.69) is 5.32 Å². The minimum absolute atomic E-state index is 0.0431. The molecule has 27 heavy (non-hydrogen) atoms. The number of fused-ring (bicyclic) bond motifs is 1. The molecule has 0 bridgehead atoms. The van der Waals surface area contributed by atoms with Crippen LogP contribution < -0.4 is 5.32 Å². The summed E-state index contributed by atoms with van der Waals surface area (Å²) in [6, 6.07) is 2.90. The molecule has 0 spiro atoms. The first-order valence-corrected chi connectivity index (χ1v) is 10.7. The van der Waals surface area contributed by atoms with Crippen LogP contribution in [0.15, 0.2) is 34.2 Å². The molecule has 2 aliphatic heterocycles. The number of aliphatic carboxylic acids is 1. The number of carboxylic acids is 1. The largest absolute Gasteiger partial charge is 0.477 e.